The highest BCUT2D eigenvalue weighted by Crippen LogP contribution is 2.21. The van der Waals surface area contributed by atoms with Crippen LogP contribution in [0.15, 0.2) is 12.3 Å². The van der Waals surface area contributed by atoms with Crippen LogP contribution in [0.25, 0.3) is 0 Å². The Bertz CT molecular complexity index is 462. The minimum atomic E-state index is -0.837. The predicted octanol–water partition coefficient (Wildman–Crippen LogP) is 1.89. The summed E-state index contributed by atoms with van der Waals surface area (Å²) in [6.07, 6.45) is 1.02. The number of amides is 1. The zero-order valence-corrected chi connectivity index (χ0v) is 11.1. The Morgan fingerprint density at radius 2 is 2.17 bits per heavy atom. The molecule has 18 heavy (non-hydrogen) atoms. The van der Waals surface area contributed by atoms with E-state index >= 15 is 0 Å². The standard InChI is InChI=1S/C13H19N3O2/c1-9-6-10(2)12(14-7-9)15-4-5-16(13(17)18)11(3)8-15/h6-7,11H,4-5,8H2,1-3H3,(H,17,18)/t11-/m0/s1. The maximum atomic E-state index is 11.0. The number of anilines is 1. The van der Waals surface area contributed by atoms with Crippen molar-refractivity contribution in [3.8, 4) is 0 Å². The lowest BCUT2D eigenvalue weighted by molar-refractivity contribution is 0.122. The minimum absolute atomic E-state index is 0.00115. The van der Waals surface area contributed by atoms with Crippen molar-refractivity contribution < 1.29 is 9.90 Å². The average Bonchev–Trinajstić information content (AvgIpc) is 2.28. The van der Waals surface area contributed by atoms with Crippen molar-refractivity contribution in [2.75, 3.05) is 24.5 Å². The molecule has 98 valence electrons. The van der Waals surface area contributed by atoms with Gasteiger partial charge < -0.3 is 14.9 Å². The molecule has 5 heteroatoms. The van der Waals surface area contributed by atoms with Crippen molar-refractivity contribution in [1.82, 2.24) is 9.88 Å². The lowest BCUT2D eigenvalue weighted by atomic mass is 10.1. The summed E-state index contributed by atoms with van der Waals surface area (Å²) in [5.41, 5.74) is 2.29. The molecule has 1 aliphatic rings. The summed E-state index contributed by atoms with van der Waals surface area (Å²) in [5.74, 6) is 0.970. The molecule has 0 saturated carbocycles. The first-order valence-electron chi connectivity index (χ1n) is 6.17. The van der Waals surface area contributed by atoms with Gasteiger partial charge in [-0.15, -0.1) is 0 Å². The summed E-state index contributed by atoms with van der Waals surface area (Å²) >= 11 is 0. The van der Waals surface area contributed by atoms with Gasteiger partial charge in [-0.1, -0.05) is 6.07 Å². The van der Waals surface area contributed by atoms with Crippen LogP contribution in [0.5, 0.6) is 0 Å². The lowest BCUT2D eigenvalue weighted by Crippen LogP contribution is -2.54. The third-order valence-corrected chi connectivity index (χ3v) is 3.36. The van der Waals surface area contributed by atoms with Gasteiger partial charge >= 0.3 is 6.09 Å². The molecule has 1 fully saturated rings. The molecule has 1 N–H and O–H groups in total. The molecule has 1 aliphatic heterocycles. The van der Waals surface area contributed by atoms with Gasteiger partial charge in [-0.25, -0.2) is 9.78 Å². The van der Waals surface area contributed by atoms with E-state index in [0.717, 1.165) is 16.9 Å². The van der Waals surface area contributed by atoms with Crippen molar-refractivity contribution in [3.63, 3.8) is 0 Å². The van der Waals surface area contributed by atoms with E-state index in [1.807, 2.05) is 27.0 Å². The van der Waals surface area contributed by atoms with Gasteiger partial charge in [0, 0.05) is 31.9 Å². The molecule has 1 saturated heterocycles. The Morgan fingerprint density at radius 3 is 2.72 bits per heavy atom. The number of nitrogens with zero attached hydrogens (tertiary/aromatic N) is 3. The van der Waals surface area contributed by atoms with Crippen LogP contribution in [0.3, 0.4) is 0 Å². The maximum Gasteiger partial charge on any atom is 0.407 e. The van der Waals surface area contributed by atoms with Crippen LogP contribution in [0.2, 0.25) is 0 Å². The number of piperazine rings is 1. The van der Waals surface area contributed by atoms with Gasteiger partial charge in [-0.2, -0.15) is 0 Å². The van der Waals surface area contributed by atoms with Gasteiger partial charge in [0.25, 0.3) is 0 Å². The van der Waals surface area contributed by atoms with Gasteiger partial charge in [0.15, 0.2) is 0 Å². The van der Waals surface area contributed by atoms with Crippen molar-refractivity contribution >= 4 is 11.9 Å². The van der Waals surface area contributed by atoms with Gasteiger partial charge in [-0.05, 0) is 31.9 Å². The number of aromatic nitrogens is 1. The molecule has 0 spiro atoms. The topological polar surface area (TPSA) is 56.7 Å². The Morgan fingerprint density at radius 1 is 1.44 bits per heavy atom. The second-order valence-corrected chi connectivity index (χ2v) is 4.92. The quantitative estimate of drug-likeness (QED) is 0.825. The highest BCUT2D eigenvalue weighted by molar-refractivity contribution is 5.66. The van der Waals surface area contributed by atoms with Crippen molar-refractivity contribution in [3.05, 3.63) is 23.4 Å². The molecule has 0 aromatic carbocycles. The first-order chi connectivity index (χ1) is 8.49. The Balaban J connectivity index is 2.15. The summed E-state index contributed by atoms with van der Waals surface area (Å²) in [4.78, 5) is 19.1. The second kappa shape index (κ2) is 4.84. The van der Waals surface area contributed by atoms with Crippen LogP contribution < -0.4 is 4.90 Å². The zero-order valence-electron chi connectivity index (χ0n) is 11.1. The average molecular weight is 249 g/mol. The smallest absolute Gasteiger partial charge is 0.407 e. The third kappa shape index (κ3) is 2.39. The minimum Gasteiger partial charge on any atom is -0.465 e. The molecule has 0 aliphatic carbocycles. The summed E-state index contributed by atoms with van der Waals surface area (Å²) in [6, 6.07) is 2.11. The molecule has 1 aromatic heterocycles. The largest absolute Gasteiger partial charge is 0.465 e. The van der Waals surface area contributed by atoms with Crippen molar-refractivity contribution in [2.45, 2.75) is 26.8 Å². The Kier molecular flexibility index (Phi) is 3.41. The van der Waals surface area contributed by atoms with Gasteiger partial charge in [0.05, 0.1) is 0 Å². The van der Waals surface area contributed by atoms with E-state index in [1.54, 1.807) is 0 Å². The van der Waals surface area contributed by atoms with Crippen LogP contribution in [0, 0.1) is 13.8 Å². The van der Waals surface area contributed by atoms with E-state index in [4.69, 9.17) is 5.11 Å². The molecule has 1 amide bonds. The molecule has 2 heterocycles. The van der Waals surface area contributed by atoms with Crippen LogP contribution in [0.4, 0.5) is 10.6 Å². The summed E-state index contributed by atoms with van der Waals surface area (Å²) in [6.45, 7) is 7.93. The first kappa shape index (κ1) is 12.7. The van der Waals surface area contributed by atoms with E-state index < -0.39 is 6.09 Å². The zero-order chi connectivity index (χ0) is 13.3. The molecule has 0 bridgehead atoms. The fourth-order valence-corrected chi connectivity index (χ4v) is 2.47. The molecular formula is C13H19N3O2. The van der Waals surface area contributed by atoms with Gasteiger partial charge in [0.1, 0.15) is 5.82 Å². The summed E-state index contributed by atoms with van der Waals surface area (Å²) < 4.78 is 0. The lowest BCUT2D eigenvalue weighted by Gasteiger charge is -2.39. The van der Waals surface area contributed by atoms with Crippen LogP contribution in [-0.4, -0.2) is 46.8 Å². The number of aryl methyl sites for hydroxylation is 2. The Hall–Kier alpha value is -1.78. The highest BCUT2D eigenvalue weighted by atomic mass is 16.4. The van der Waals surface area contributed by atoms with Gasteiger partial charge in [0.2, 0.25) is 0 Å². The second-order valence-electron chi connectivity index (χ2n) is 4.92. The van der Waals surface area contributed by atoms with E-state index in [2.05, 4.69) is 16.0 Å². The van der Waals surface area contributed by atoms with Crippen LogP contribution in [-0.2, 0) is 0 Å². The van der Waals surface area contributed by atoms with E-state index in [9.17, 15) is 4.79 Å². The summed E-state index contributed by atoms with van der Waals surface area (Å²) in [7, 11) is 0. The fraction of sp³-hybridized carbons (Fsp3) is 0.538. The molecule has 1 atom stereocenters. The normalized spacial score (nSPS) is 20.1. The highest BCUT2D eigenvalue weighted by Gasteiger charge is 2.28. The van der Waals surface area contributed by atoms with Crippen LogP contribution >= 0.6 is 0 Å². The van der Waals surface area contributed by atoms with Crippen molar-refractivity contribution in [2.24, 2.45) is 0 Å². The Labute approximate surface area is 107 Å². The monoisotopic (exact) mass is 249 g/mol. The number of carboxylic acid groups (broad SMARTS) is 1. The number of carbonyl (C=O) groups is 1. The predicted molar refractivity (Wildman–Crippen MR) is 70.1 cm³/mol. The number of hydrogen-bond donors (Lipinski definition) is 1. The first-order valence-corrected chi connectivity index (χ1v) is 6.17. The van der Waals surface area contributed by atoms with Gasteiger partial charge in [-0.3, -0.25) is 0 Å². The maximum absolute atomic E-state index is 11.0. The third-order valence-electron chi connectivity index (χ3n) is 3.36. The molecule has 2 rings (SSSR count). The number of pyridine rings is 1. The summed E-state index contributed by atoms with van der Waals surface area (Å²) in [5, 5.41) is 9.05. The van der Waals surface area contributed by atoms with E-state index in [0.29, 0.717) is 19.6 Å². The SMILES string of the molecule is Cc1cnc(N2CCN(C(=O)O)[C@@H](C)C2)c(C)c1. The molecule has 0 radical (unpaired) electrons. The number of hydrogen-bond acceptors (Lipinski definition) is 3. The molecule has 1 aromatic rings. The molecule has 0 unspecified atom stereocenters. The van der Waals surface area contributed by atoms with Crippen molar-refractivity contribution in [1.29, 1.82) is 0 Å². The molecular weight excluding hydrogens is 230 g/mol. The van der Waals surface area contributed by atoms with E-state index in [-0.39, 0.29) is 6.04 Å². The molecule has 5 nitrogen and oxygen atoms in total. The number of rotatable bonds is 1. The van der Waals surface area contributed by atoms with E-state index in [1.165, 1.54) is 4.90 Å². The fourth-order valence-electron chi connectivity index (χ4n) is 2.47. The van der Waals surface area contributed by atoms with Crippen LogP contribution in [0.1, 0.15) is 18.1 Å².